The summed E-state index contributed by atoms with van der Waals surface area (Å²) in [6.45, 7) is 1.92. The molecule has 2 N–H and O–H groups in total. The van der Waals surface area contributed by atoms with Crippen LogP contribution in [0.3, 0.4) is 0 Å². The second-order valence-corrected chi connectivity index (χ2v) is 4.34. The van der Waals surface area contributed by atoms with Gasteiger partial charge in [-0.2, -0.15) is 4.68 Å². The fourth-order valence-electron chi connectivity index (χ4n) is 1.86. The van der Waals surface area contributed by atoms with Crippen LogP contribution in [-0.4, -0.2) is 20.2 Å². The van der Waals surface area contributed by atoms with Crippen molar-refractivity contribution in [2.24, 2.45) is 0 Å². The second-order valence-electron chi connectivity index (χ2n) is 4.34. The highest BCUT2D eigenvalue weighted by Gasteiger charge is 2.11. The van der Waals surface area contributed by atoms with Crippen LogP contribution >= 0.6 is 0 Å². The van der Waals surface area contributed by atoms with Crippen LogP contribution in [0.15, 0.2) is 48.5 Å². The number of benzene rings is 2. The van der Waals surface area contributed by atoms with Gasteiger partial charge in [0.25, 0.3) is 0 Å². The zero-order valence-electron chi connectivity index (χ0n) is 10.9. The first kappa shape index (κ1) is 12.2. The van der Waals surface area contributed by atoms with Gasteiger partial charge in [0.15, 0.2) is 0 Å². The third-order valence-corrected chi connectivity index (χ3v) is 2.84. The Labute approximate surface area is 115 Å². The molecule has 3 aromatic rings. The molecule has 0 spiro atoms. The second kappa shape index (κ2) is 5.00. The van der Waals surface area contributed by atoms with Crippen LogP contribution in [0.25, 0.3) is 5.69 Å². The van der Waals surface area contributed by atoms with Crippen LogP contribution in [0, 0.1) is 6.92 Å². The molecule has 0 aliphatic heterocycles. The summed E-state index contributed by atoms with van der Waals surface area (Å²) in [4.78, 5) is 0. The SMILES string of the molecule is Cc1cc(N)ccc1Oc1nnnn1-c1ccccc1. The van der Waals surface area contributed by atoms with E-state index in [0.717, 1.165) is 11.3 Å². The Balaban J connectivity index is 1.95. The lowest BCUT2D eigenvalue weighted by molar-refractivity contribution is 0.424. The maximum absolute atomic E-state index is 5.76. The molecular weight excluding hydrogens is 254 g/mol. The molecule has 2 aromatic carbocycles. The molecule has 0 radical (unpaired) electrons. The van der Waals surface area contributed by atoms with Crippen molar-refractivity contribution >= 4 is 5.69 Å². The average molecular weight is 267 g/mol. The fraction of sp³-hybridized carbons (Fsp3) is 0.0714. The molecule has 0 aliphatic carbocycles. The molecule has 0 atom stereocenters. The zero-order valence-corrected chi connectivity index (χ0v) is 10.9. The summed E-state index contributed by atoms with van der Waals surface area (Å²) in [5.41, 5.74) is 8.17. The molecule has 0 bridgehead atoms. The van der Waals surface area contributed by atoms with Gasteiger partial charge in [0, 0.05) is 5.69 Å². The Bertz CT molecular complexity index is 723. The first-order chi connectivity index (χ1) is 9.74. The van der Waals surface area contributed by atoms with E-state index < -0.39 is 0 Å². The summed E-state index contributed by atoms with van der Waals surface area (Å²) in [5, 5.41) is 11.5. The summed E-state index contributed by atoms with van der Waals surface area (Å²) in [6.07, 6.45) is 0. The van der Waals surface area contributed by atoms with Crippen molar-refractivity contribution in [1.29, 1.82) is 0 Å². The average Bonchev–Trinajstić information content (AvgIpc) is 2.91. The lowest BCUT2D eigenvalue weighted by Gasteiger charge is -2.08. The van der Waals surface area contributed by atoms with Crippen LogP contribution in [-0.2, 0) is 0 Å². The van der Waals surface area contributed by atoms with Crippen molar-refractivity contribution in [3.05, 3.63) is 54.1 Å². The molecular formula is C14H13N5O. The first-order valence-corrected chi connectivity index (χ1v) is 6.12. The van der Waals surface area contributed by atoms with Gasteiger partial charge >= 0.3 is 6.01 Å². The molecule has 0 aliphatic rings. The lowest BCUT2D eigenvalue weighted by atomic mass is 10.2. The molecule has 0 saturated heterocycles. The van der Waals surface area contributed by atoms with Gasteiger partial charge in [-0.05, 0) is 53.2 Å². The van der Waals surface area contributed by atoms with Crippen LogP contribution < -0.4 is 10.5 Å². The zero-order chi connectivity index (χ0) is 13.9. The van der Waals surface area contributed by atoms with E-state index in [1.807, 2.05) is 43.3 Å². The van der Waals surface area contributed by atoms with Crippen molar-refractivity contribution in [3.63, 3.8) is 0 Å². The van der Waals surface area contributed by atoms with Crippen molar-refractivity contribution in [1.82, 2.24) is 20.2 Å². The summed E-state index contributed by atoms with van der Waals surface area (Å²) in [7, 11) is 0. The number of hydrogen-bond donors (Lipinski definition) is 1. The Morgan fingerprint density at radius 2 is 1.90 bits per heavy atom. The highest BCUT2D eigenvalue weighted by Crippen LogP contribution is 2.25. The van der Waals surface area contributed by atoms with E-state index in [-0.39, 0.29) is 0 Å². The van der Waals surface area contributed by atoms with Crippen LogP contribution in [0.1, 0.15) is 5.56 Å². The fourth-order valence-corrected chi connectivity index (χ4v) is 1.86. The van der Waals surface area contributed by atoms with Gasteiger partial charge in [0.1, 0.15) is 5.75 Å². The van der Waals surface area contributed by atoms with Gasteiger partial charge < -0.3 is 10.5 Å². The van der Waals surface area contributed by atoms with Gasteiger partial charge in [-0.3, -0.25) is 0 Å². The lowest BCUT2D eigenvalue weighted by Crippen LogP contribution is -2.01. The van der Waals surface area contributed by atoms with Crippen LogP contribution in [0.2, 0.25) is 0 Å². The van der Waals surface area contributed by atoms with Crippen molar-refractivity contribution < 1.29 is 4.74 Å². The molecule has 6 nitrogen and oxygen atoms in total. The Morgan fingerprint density at radius 3 is 2.65 bits per heavy atom. The number of ether oxygens (including phenoxy) is 1. The van der Waals surface area contributed by atoms with Crippen molar-refractivity contribution in [3.8, 4) is 17.4 Å². The number of nitrogen functional groups attached to an aromatic ring is 1. The van der Waals surface area contributed by atoms with Gasteiger partial charge in [0.2, 0.25) is 0 Å². The normalized spacial score (nSPS) is 10.4. The molecule has 0 unspecified atom stereocenters. The highest BCUT2D eigenvalue weighted by atomic mass is 16.5. The third-order valence-electron chi connectivity index (χ3n) is 2.84. The minimum Gasteiger partial charge on any atom is -0.423 e. The topological polar surface area (TPSA) is 78.8 Å². The van der Waals surface area contributed by atoms with Gasteiger partial charge in [-0.1, -0.05) is 23.3 Å². The number of aromatic nitrogens is 4. The Hall–Kier alpha value is -2.89. The molecule has 20 heavy (non-hydrogen) atoms. The van der Waals surface area contributed by atoms with Gasteiger partial charge in [-0.15, -0.1) is 0 Å². The standard InChI is InChI=1S/C14H13N5O/c1-10-9-11(15)7-8-13(10)20-14-16-17-18-19(14)12-5-3-2-4-6-12/h2-9H,15H2,1H3. The molecule has 100 valence electrons. The summed E-state index contributed by atoms with van der Waals surface area (Å²) in [6, 6.07) is 15.3. The van der Waals surface area contributed by atoms with E-state index in [2.05, 4.69) is 15.5 Å². The predicted octanol–water partition coefficient (Wildman–Crippen LogP) is 2.35. The smallest absolute Gasteiger partial charge is 0.345 e. The molecule has 0 fully saturated rings. The van der Waals surface area contributed by atoms with E-state index >= 15 is 0 Å². The molecule has 0 amide bonds. The van der Waals surface area contributed by atoms with Crippen LogP contribution in [0.4, 0.5) is 5.69 Å². The first-order valence-electron chi connectivity index (χ1n) is 6.12. The number of hydrogen-bond acceptors (Lipinski definition) is 5. The number of tetrazole rings is 1. The van der Waals surface area contributed by atoms with Gasteiger partial charge in [-0.25, -0.2) is 0 Å². The number of aryl methyl sites for hydroxylation is 1. The summed E-state index contributed by atoms with van der Waals surface area (Å²) < 4.78 is 7.30. The van der Waals surface area contributed by atoms with E-state index in [0.29, 0.717) is 17.4 Å². The maximum atomic E-state index is 5.76. The largest absolute Gasteiger partial charge is 0.423 e. The molecule has 0 saturated carbocycles. The Morgan fingerprint density at radius 1 is 1.10 bits per heavy atom. The minimum atomic E-state index is 0.309. The van der Waals surface area contributed by atoms with Crippen molar-refractivity contribution in [2.75, 3.05) is 5.73 Å². The van der Waals surface area contributed by atoms with E-state index in [1.54, 1.807) is 12.1 Å². The summed E-state index contributed by atoms with van der Waals surface area (Å²) >= 11 is 0. The number of nitrogens with two attached hydrogens (primary N) is 1. The number of para-hydroxylation sites is 1. The van der Waals surface area contributed by atoms with E-state index in [4.69, 9.17) is 10.5 Å². The van der Waals surface area contributed by atoms with Gasteiger partial charge in [0.05, 0.1) is 5.69 Å². The van der Waals surface area contributed by atoms with Crippen molar-refractivity contribution in [2.45, 2.75) is 6.92 Å². The number of anilines is 1. The number of nitrogens with zero attached hydrogens (tertiary/aromatic N) is 4. The van der Waals surface area contributed by atoms with E-state index in [9.17, 15) is 0 Å². The molecule has 6 heteroatoms. The molecule has 1 aromatic heterocycles. The van der Waals surface area contributed by atoms with E-state index in [1.165, 1.54) is 4.68 Å². The maximum Gasteiger partial charge on any atom is 0.345 e. The molecule has 3 rings (SSSR count). The summed E-state index contributed by atoms with van der Waals surface area (Å²) in [5.74, 6) is 0.672. The Kier molecular flexibility index (Phi) is 3.04. The monoisotopic (exact) mass is 267 g/mol. The molecule has 1 heterocycles. The minimum absolute atomic E-state index is 0.309. The predicted molar refractivity (Wildman–Crippen MR) is 74.8 cm³/mol. The number of rotatable bonds is 3. The third kappa shape index (κ3) is 2.31. The quantitative estimate of drug-likeness (QED) is 0.737. The van der Waals surface area contributed by atoms with Crippen LogP contribution in [0.5, 0.6) is 11.8 Å². The highest BCUT2D eigenvalue weighted by molar-refractivity contribution is 5.48.